The standard InChI is InChI=1S/C20H19BrN2O4/c21-16-7-3-1-5-14(16)20(26)23-17-8-4-2-6-15(17)19(25)22-11-18(24)27-12-13-9-10-13/h1-8,13H,9-12H2,(H,22,25)(H,23,26). The van der Waals surface area contributed by atoms with E-state index in [9.17, 15) is 14.4 Å². The van der Waals surface area contributed by atoms with Crippen LogP contribution in [0.1, 0.15) is 33.6 Å². The van der Waals surface area contributed by atoms with Crippen LogP contribution in [0.5, 0.6) is 0 Å². The molecule has 0 aromatic heterocycles. The highest BCUT2D eigenvalue weighted by Crippen LogP contribution is 2.28. The number of nitrogens with one attached hydrogen (secondary N) is 2. The molecule has 0 atom stereocenters. The zero-order valence-corrected chi connectivity index (χ0v) is 16.1. The van der Waals surface area contributed by atoms with Gasteiger partial charge in [0, 0.05) is 4.47 Å². The molecule has 2 aromatic carbocycles. The number of amides is 2. The maximum absolute atomic E-state index is 12.5. The number of hydrogen-bond donors (Lipinski definition) is 2. The third-order valence-corrected chi connectivity index (χ3v) is 4.80. The first-order valence-corrected chi connectivity index (χ1v) is 9.42. The molecule has 140 valence electrons. The highest BCUT2D eigenvalue weighted by molar-refractivity contribution is 9.10. The molecule has 7 heteroatoms. The molecule has 2 N–H and O–H groups in total. The molecule has 0 saturated heterocycles. The van der Waals surface area contributed by atoms with Crippen LogP contribution in [0.15, 0.2) is 53.0 Å². The quantitative estimate of drug-likeness (QED) is 0.659. The van der Waals surface area contributed by atoms with E-state index in [0.717, 1.165) is 12.8 Å². The van der Waals surface area contributed by atoms with Crippen LogP contribution in [-0.4, -0.2) is 30.9 Å². The van der Waals surface area contributed by atoms with Crippen molar-refractivity contribution in [3.05, 3.63) is 64.1 Å². The van der Waals surface area contributed by atoms with Crippen molar-refractivity contribution in [2.45, 2.75) is 12.8 Å². The first-order chi connectivity index (χ1) is 13.0. The van der Waals surface area contributed by atoms with Gasteiger partial charge in [0.2, 0.25) is 0 Å². The highest BCUT2D eigenvalue weighted by atomic mass is 79.9. The van der Waals surface area contributed by atoms with Gasteiger partial charge in [-0.15, -0.1) is 0 Å². The van der Waals surface area contributed by atoms with Gasteiger partial charge in [-0.3, -0.25) is 14.4 Å². The lowest BCUT2D eigenvalue weighted by atomic mass is 10.1. The zero-order chi connectivity index (χ0) is 19.2. The first kappa shape index (κ1) is 19.1. The van der Waals surface area contributed by atoms with E-state index in [-0.39, 0.29) is 18.0 Å². The number of carbonyl (C=O) groups is 3. The summed E-state index contributed by atoms with van der Waals surface area (Å²) in [5.41, 5.74) is 1.09. The third kappa shape index (κ3) is 5.40. The summed E-state index contributed by atoms with van der Waals surface area (Å²) >= 11 is 3.34. The minimum atomic E-state index is -0.468. The Labute approximate surface area is 165 Å². The monoisotopic (exact) mass is 430 g/mol. The summed E-state index contributed by atoms with van der Waals surface area (Å²) in [6.45, 7) is 0.200. The molecule has 0 aliphatic heterocycles. The molecule has 27 heavy (non-hydrogen) atoms. The van der Waals surface area contributed by atoms with Crippen molar-refractivity contribution in [2.24, 2.45) is 5.92 Å². The summed E-state index contributed by atoms with van der Waals surface area (Å²) < 4.78 is 5.74. The molecule has 2 aromatic rings. The van der Waals surface area contributed by atoms with Gasteiger partial charge < -0.3 is 15.4 Å². The Morgan fingerprint density at radius 2 is 1.63 bits per heavy atom. The molecule has 1 aliphatic carbocycles. The molecule has 0 unspecified atom stereocenters. The highest BCUT2D eigenvalue weighted by Gasteiger charge is 2.23. The Morgan fingerprint density at radius 1 is 0.963 bits per heavy atom. The topological polar surface area (TPSA) is 84.5 Å². The van der Waals surface area contributed by atoms with E-state index in [2.05, 4.69) is 26.6 Å². The van der Waals surface area contributed by atoms with E-state index in [4.69, 9.17) is 4.74 Å². The van der Waals surface area contributed by atoms with E-state index in [0.29, 0.717) is 28.2 Å². The average molecular weight is 431 g/mol. The second-order valence-electron chi connectivity index (χ2n) is 6.29. The van der Waals surface area contributed by atoms with Gasteiger partial charge in [0.1, 0.15) is 6.54 Å². The van der Waals surface area contributed by atoms with Gasteiger partial charge in [0.15, 0.2) is 0 Å². The van der Waals surface area contributed by atoms with Gasteiger partial charge in [-0.25, -0.2) is 0 Å². The van der Waals surface area contributed by atoms with Gasteiger partial charge in [0.05, 0.1) is 23.4 Å². The first-order valence-electron chi connectivity index (χ1n) is 8.63. The van der Waals surface area contributed by atoms with Crippen molar-refractivity contribution in [3.8, 4) is 0 Å². The molecule has 1 fully saturated rings. The Hall–Kier alpha value is -2.67. The summed E-state index contributed by atoms with van der Waals surface area (Å²) in [6, 6.07) is 13.6. The van der Waals surface area contributed by atoms with Crippen LogP contribution in [-0.2, 0) is 9.53 Å². The van der Waals surface area contributed by atoms with E-state index in [1.54, 1.807) is 42.5 Å². The summed E-state index contributed by atoms with van der Waals surface area (Å²) in [5.74, 6) is -0.796. The van der Waals surface area contributed by atoms with E-state index >= 15 is 0 Å². The lowest BCUT2D eigenvalue weighted by molar-refractivity contribution is -0.142. The van der Waals surface area contributed by atoms with E-state index in [1.807, 2.05) is 6.07 Å². The van der Waals surface area contributed by atoms with E-state index < -0.39 is 11.9 Å². The minimum absolute atomic E-state index is 0.210. The summed E-state index contributed by atoms with van der Waals surface area (Å²) in [6.07, 6.45) is 2.18. The van der Waals surface area contributed by atoms with Gasteiger partial charge in [-0.1, -0.05) is 24.3 Å². The van der Waals surface area contributed by atoms with Crippen molar-refractivity contribution < 1.29 is 19.1 Å². The predicted octanol–water partition coefficient (Wildman–Crippen LogP) is 3.38. The number of para-hydroxylation sites is 1. The van der Waals surface area contributed by atoms with E-state index in [1.165, 1.54) is 0 Å². The van der Waals surface area contributed by atoms with Crippen molar-refractivity contribution in [3.63, 3.8) is 0 Å². The number of esters is 1. The van der Waals surface area contributed by atoms with Crippen molar-refractivity contribution in [2.75, 3.05) is 18.5 Å². The van der Waals surface area contributed by atoms with Crippen LogP contribution in [0.2, 0.25) is 0 Å². The predicted molar refractivity (Wildman–Crippen MR) is 105 cm³/mol. The maximum Gasteiger partial charge on any atom is 0.325 e. The van der Waals surface area contributed by atoms with Crippen molar-refractivity contribution in [1.29, 1.82) is 0 Å². The van der Waals surface area contributed by atoms with Gasteiger partial charge in [0.25, 0.3) is 11.8 Å². The Kier molecular flexibility index (Phi) is 6.24. The van der Waals surface area contributed by atoms with Crippen LogP contribution in [0, 0.1) is 5.92 Å². The smallest absolute Gasteiger partial charge is 0.325 e. The lowest BCUT2D eigenvalue weighted by Crippen LogP contribution is -2.31. The molecular weight excluding hydrogens is 412 g/mol. The second-order valence-corrected chi connectivity index (χ2v) is 7.14. The molecule has 0 heterocycles. The van der Waals surface area contributed by atoms with Crippen LogP contribution in [0.3, 0.4) is 0 Å². The largest absolute Gasteiger partial charge is 0.464 e. The number of ether oxygens (including phenoxy) is 1. The second kappa shape index (κ2) is 8.81. The fourth-order valence-corrected chi connectivity index (χ4v) is 2.88. The zero-order valence-electron chi connectivity index (χ0n) is 14.5. The third-order valence-electron chi connectivity index (χ3n) is 4.11. The fraction of sp³-hybridized carbons (Fsp3) is 0.250. The SMILES string of the molecule is O=C(CNC(=O)c1ccccc1NC(=O)c1ccccc1Br)OCC1CC1. The average Bonchev–Trinajstić information content (AvgIpc) is 3.49. The lowest BCUT2D eigenvalue weighted by Gasteiger charge is -2.12. The Balaban J connectivity index is 1.62. The molecular formula is C20H19BrN2O4. The summed E-state index contributed by atoms with van der Waals surface area (Å²) in [7, 11) is 0. The normalized spacial score (nSPS) is 12.9. The van der Waals surface area contributed by atoms with Crippen LogP contribution in [0.25, 0.3) is 0 Å². The molecule has 1 saturated carbocycles. The maximum atomic E-state index is 12.5. The van der Waals surface area contributed by atoms with Gasteiger partial charge in [-0.2, -0.15) is 0 Å². The molecule has 0 bridgehead atoms. The number of benzene rings is 2. The molecule has 0 radical (unpaired) electrons. The summed E-state index contributed by atoms with van der Waals surface area (Å²) in [4.78, 5) is 36.6. The molecule has 0 spiro atoms. The number of rotatable bonds is 7. The molecule has 6 nitrogen and oxygen atoms in total. The fourth-order valence-electron chi connectivity index (χ4n) is 2.42. The van der Waals surface area contributed by atoms with Crippen molar-refractivity contribution in [1.82, 2.24) is 5.32 Å². The Bertz CT molecular complexity index is 865. The Morgan fingerprint density at radius 3 is 2.33 bits per heavy atom. The van der Waals surface area contributed by atoms with Gasteiger partial charge >= 0.3 is 5.97 Å². The number of anilines is 1. The minimum Gasteiger partial charge on any atom is -0.464 e. The molecule has 1 aliphatic rings. The number of carbonyl (C=O) groups excluding carboxylic acids is 3. The molecule has 3 rings (SSSR count). The number of hydrogen-bond acceptors (Lipinski definition) is 4. The van der Waals surface area contributed by atoms with Crippen LogP contribution in [0.4, 0.5) is 5.69 Å². The van der Waals surface area contributed by atoms with Gasteiger partial charge in [-0.05, 0) is 59.0 Å². The number of halogens is 1. The molecule has 2 amide bonds. The van der Waals surface area contributed by atoms with Crippen molar-refractivity contribution >= 4 is 39.4 Å². The van der Waals surface area contributed by atoms with Crippen LogP contribution < -0.4 is 10.6 Å². The summed E-state index contributed by atoms with van der Waals surface area (Å²) in [5, 5.41) is 5.27. The van der Waals surface area contributed by atoms with Crippen LogP contribution >= 0.6 is 15.9 Å².